The highest BCUT2D eigenvalue weighted by molar-refractivity contribution is 5.90. The van der Waals surface area contributed by atoms with Gasteiger partial charge in [-0.05, 0) is 38.9 Å². The van der Waals surface area contributed by atoms with Gasteiger partial charge in [0.1, 0.15) is 5.82 Å². The van der Waals surface area contributed by atoms with Gasteiger partial charge in [-0.3, -0.25) is 4.40 Å². The second-order valence-corrected chi connectivity index (χ2v) is 5.77. The molecule has 1 atom stereocenters. The van der Waals surface area contributed by atoms with E-state index in [2.05, 4.69) is 28.9 Å². The molecule has 0 radical (unpaired) electrons. The van der Waals surface area contributed by atoms with Crippen molar-refractivity contribution in [1.82, 2.24) is 19.5 Å². The van der Waals surface area contributed by atoms with E-state index in [1.54, 1.807) is 12.1 Å². The van der Waals surface area contributed by atoms with Crippen molar-refractivity contribution in [3.05, 3.63) is 29.7 Å². The van der Waals surface area contributed by atoms with Gasteiger partial charge in [0.05, 0.1) is 12.7 Å². The standard InChI is InChI=1S/C15H20N4O2/c1-10(2)18-6-4-12(9-18)14-17-16-13-8-11(15(20)21-3)5-7-19(13)14/h5,7-8,10,12H,4,6,9H2,1-3H3. The van der Waals surface area contributed by atoms with Crippen LogP contribution in [0, 0.1) is 0 Å². The number of nitrogens with zero attached hydrogens (tertiary/aromatic N) is 4. The maximum Gasteiger partial charge on any atom is 0.338 e. The second-order valence-electron chi connectivity index (χ2n) is 5.77. The maximum atomic E-state index is 11.6. The molecule has 1 aliphatic heterocycles. The lowest BCUT2D eigenvalue weighted by molar-refractivity contribution is 0.0600. The Balaban J connectivity index is 1.89. The fourth-order valence-electron chi connectivity index (χ4n) is 2.90. The number of fused-ring (bicyclic) bond motifs is 1. The van der Waals surface area contributed by atoms with E-state index in [0.29, 0.717) is 23.2 Å². The van der Waals surface area contributed by atoms with Gasteiger partial charge >= 0.3 is 5.97 Å². The first-order chi connectivity index (χ1) is 10.1. The monoisotopic (exact) mass is 288 g/mol. The average molecular weight is 288 g/mol. The molecular formula is C15H20N4O2. The predicted molar refractivity (Wildman–Crippen MR) is 78.4 cm³/mol. The Morgan fingerprint density at radius 2 is 2.24 bits per heavy atom. The molecule has 0 saturated carbocycles. The summed E-state index contributed by atoms with van der Waals surface area (Å²) in [5.74, 6) is 1.02. The van der Waals surface area contributed by atoms with Gasteiger partial charge in [-0.1, -0.05) is 0 Å². The first-order valence-corrected chi connectivity index (χ1v) is 7.27. The number of pyridine rings is 1. The van der Waals surface area contributed by atoms with Crippen molar-refractivity contribution in [2.75, 3.05) is 20.2 Å². The summed E-state index contributed by atoms with van der Waals surface area (Å²) in [6.07, 6.45) is 2.95. The number of esters is 1. The molecule has 6 nitrogen and oxygen atoms in total. The molecule has 21 heavy (non-hydrogen) atoms. The van der Waals surface area contributed by atoms with Crippen LogP contribution in [0.5, 0.6) is 0 Å². The third-order valence-electron chi connectivity index (χ3n) is 4.17. The number of hydrogen-bond donors (Lipinski definition) is 0. The molecule has 6 heteroatoms. The Morgan fingerprint density at radius 1 is 1.43 bits per heavy atom. The van der Waals surface area contributed by atoms with Crippen molar-refractivity contribution in [3.8, 4) is 0 Å². The van der Waals surface area contributed by atoms with Gasteiger partial charge in [0, 0.05) is 24.7 Å². The smallest absolute Gasteiger partial charge is 0.338 e. The number of aromatic nitrogens is 3. The van der Waals surface area contributed by atoms with Gasteiger partial charge < -0.3 is 9.64 Å². The minimum absolute atomic E-state index is 0.353. The Bertz CT molecular complexity index is 665. The SMILES string of the molecule is COC(=O)c1ccn2c(C3CCN(C(C)C)C3)nnc2c1. The van der Waals surface area contributed by atoms with E-state index in [1.165, 1.54) is 7.11 Å². The van der Waals surface area contributed by atoms with Gasteiger partial charge in [0.2, 0.25) is 0 Å². The highest BCUT2D eigenvalue weighted by Crippen LogP contribution is 2.27. The molecule has 1 aliphatic rings. The van der Waals surface area contributed by atoms with Crippen molar-refractivity contribution >= 4 is 11.6 Å². The van der Waals surface area contributed by atoms with Crippen LogP contribution in [0.1, 0.15) is 42.4 Å². The molecule has 0 spiro atoms. The third kappa shape index (κ3) is 2.51. The summed E-state index contributed by atoms with van der Waals surface area (Å²) in [6, 6.07) is 4.03. The first kappa shape index (κ1) is 14.0. The summed E-state index contributed by atoms with van der Waals surface area (Å²) < 4.78 is 6.70. The lowest BCUT2D eigenvalue weighted by Crippen LogP contribution is -2.28. The normalized spacial score (nSPS) is 19.5. The molecule has 1 fully saturated rings. The van der Waals surface area contributed by atoms with Crippen LogP contribution in [0.4, 0.5) is 0 Å². The number of likely N-dealkylation sites (tertiary alicyclic amines) is 1. The fourth-order valence-corrected chi connectivity index (χ4v) is 2.90. The predicted octanol–water partition coefficient (Wildman–Crippen LogP) is 1.71. The number of carbonyl (C=O) groups excluding carboxylic acids is 1. The van der Waals surface area contributed by atoms with E-state index in [1.807, 2.05) is 10.6 Å². The molecule has 0 bridgehead atoms. The van der Waals surface area contributed by atoms with Crippen LogP contribution in [0.3, 0.4) is 0 Å². The summed E-state index contributed by atoms with van der Waals surface area (Å²) in [5, 5.41) is 8.53. The van der Waals surface area contributed by atoms with E-state index in [9.17, 15) is 4.79 Å². The second kappa shape index (κ2) is 5.44. The number of carbonyl (C=O) groups is 1. The van der Waals surface area contributed by atoms with Gasteiger partial charge in [-0.15, -0.1) is 10.2 Å². The summed E-state index contributed by atoms with van der Waals surface area (Å²) in [6.45, 7) is 6.54. The van der Waals surface area contributed by atoms with Crippen molar-refractivity contribution in [2.45, 2.75) is 32.2 Å². The van der Waals surface area contributed by atoms with Crippen LogP contribution in [0.2, 0.25) is 0 Å². The zero-order valence-electron chi connectivity index (χ0n) is 12.6. The molecule has 2 aromatic rings. The first-order valence-electron chi connectivity index (χ1n) is 7.27. The Hall–Kier alpha value is -1.95. The van der Waals surface area contributed by atoms with Crippen LogP contribution in [-0.2, 0) is 4.74 Å². The Labute approximate surface area is 123 Å². The van der Waals surface area contributed by atoms with Crippen LogP contribution < -0.4 is 0 Å². The minimum atomic E-state index is -0.353. The van der Waals surface area contributed by atoms with Crippen molar-refractivity contribution in [1.29, 1.82) is 0 Å². The molecular weight excluding hydrogens is 268 g/mol. The average Bonchev–Trinajstić information content (AvgIpc) is 3.11. The molecule has 0 aliphatic carbocycles. The van der Waals surface area contributed by atoms with Crippen molar-refractivity contribution < 1.29 is 9.53 Å². The fraction of sp³-hybridized carbons (Fsp3) is 0.533. The highest BCUT2D eigenvalue weighted by atomic mass is 16.5. The number of hydrogen-bond acceptors (Lipinski definition) is 5. The lowest BCUT2D eigenvalue weighted by Gasteiger charge is -2.19. The van der Waals surface area contributed by atoms with Crippen LogP contribution in [0.25, 0.3) is 5.65 Å². The molecule has 112 valence electrons. The zero-order chi connectivity index (χ0) is 15.0. The minimum Gasteiger partial charge on any atom is -0.465 e. The zero-order valence-corrected chi connectivity index (χ0v) is 12.6. The molecule has 3 heterocycles. The van der Waals surface area contributed by atoms with Gasteiger partial charge in [0.25, 0.3) is 0 Å². The van der Waals surface area contributed by atoms with Crippen molar-refractivity contribution in [3.63, 3.8) is 0 Å². The number of methoxy groups -OCH3 is 1. The molecule has 2 aromatic heterocycles. The maximum absolute atomic E-state index is 11.6. The lowest BCUT2D eigenvalue weighted by atomic mass is 10.1. The molecule has 1 unspecified atom stereocenters. The molecule has 1 saturated heterocycles. The highest BCUT2D eigenvalue weighted by Gasteiger charge is 2.28. The summed E-state index contributed by atoms with van der Waals surface area (Å²) in [4.78, 5) is 14.0. The Kier molecular flexibility index (Phi) is 3.63. The number of ether oxygens (including phenoxy) is 1. The van der Waals surface area contributed by atoms with E-state index < -0.39 is 0 Å². The third-order valence-corrected chi connectivity index (χ3v) is 4.17. The summed E-state index contributed by atoms with van der Waals surface area (Å²) in [5.41, 5.74) is 1.19. The Morgan fingerprint density at radius 3 is 2.90 bits per heavy atom. The molecule has 0 aromatic carbocycles. The largest absolute Gasteiger partial charge is 0.465 e. The summed E-state index contributed by atoms with van der Waals surface area (Å²) >= 11 is 0. The van der Waals surface area contributed by atoms with Gasteiger partial charge in [-0.25, -0.2) is 4.79 Å². The molecule has 0 amide bonds. The molecule has 3 rings (SSSR count). The topological polar surface area (TPSA) is 59.7 Å². The number of rotatable bonds is 3. The van der Waals surface area contributed by atoms with E-state index >= 15 is 0 Å². The quantitative estimate of drug-likeness (QED) is 0.805. The van der Waals surface area contributed by atoms with Crippen LogP contribution in [0.15, 0.2) is 18.3 Å². The van der Waals surface area contributed by atoms with Crippen LogP contribution in [-0.4, -0.2) is 51.7 Å². The van der Waals surface area contributed by atoms with E-state index in [-0.39, 0.29) is 5.97 Å². The van der Waals surface area contributed by atoms with Gasteiger partial charge in [-0.2, -0.15) is 0 Å². The van der Waals surface area contributed by atoms with Gasteiger partial charge in [0.15, 0.2) is 5.65 Å². The van der Waals surface area contributed by atoms with E-state index in [0.717, 1.165) is 25.3 Å². The molecule has 0 N–H and O–H groups in total. The van der Waals surface area contributed by atoms with E-state index in [4.69, 9.17) is 4.74 Å². The van der Waals surface area contributed by atoms with Crippen LogP contribution >= 0.6 is 0 Å². The summed E-state index contributed by atoms with van der Waals surface area (Å²) in [7, 11) is 1.38. The van der Waals surface area contributed by atoms with Crippen molar-refractivity contribution in [2.24, 2.45) is 0 Å².